The third-order valence-electron chi connectivity index (χ3n) is 6.10. The van der Waals surface area contributed by atoms with Crippen molar-refractivity contribution in [3.05, 3.63) is 70.9 Å². The number of hydrogen-bond donors (Lipinski definition) is 2. The standard InChI is InChI=1S/C23H22ClF3N4O/c24-16-6-7-18-17(12-16)19(13-20(30-18)23(25,26)27)29-14-22(15-4-2-1-3-5-15)8-10-31(11-9-22)21(28)32/h1-7,12-13H,8-11,14H2,(H2,28,32)(H,29,30). The number of nitrogens with two attached hydrogens (primary N) is 1. The average molecular weight is 463 g/mol. The van der Waals surface area contributed by atoms with Gasteiger partial charge in [-0.05, 0) is 42.7 Å². The summed E-state index contributed by atoms with van der Waals surface area (Å²) in [6, 6.07) is 15.0. The van der Waals surface area contributed by atoms with Crippen molar-refractivity contribution in [2.75, 3.05) is 25.0 Å². The van der Waals surface area contributed by atoms with E-state index in [0.29, 0.717) is 48.6 Å². The number of hydrogen-bond acceptors (Lipinski definition) is 3. The first-order valence-electron chi connectivity index (χ1n) is 10.2. The summed E-state index contributed by atoms with van der Waals surface area (Å²) in [6.45, 7) is 1.33. The minimum Gasteiger partial charge on any atom is -0.384 e. The summed E-state index contributed by atoms with van der Waals surface area (Å²) in [5.74, 6) is 0. The lowest BCUT2D eigenvalue weighted by Gasteiger charge is -2.42. The van der Waals surface area contributed by atoms with E-state index in [2.05, 4.69) is 10.3 Å². The summed E-state index contributed by atoms with van der Waals surface area (Å²) in [6.07, 6.45) is -3.32. The van der Waals surface area contributed by atoms with Crippen molar-refractivity contribution >= 4 is 34.2 Å². The third kappa shape index (κ3) is 4.46. The number of fused-ring (bicyclic) bond motifs is 1. The van der Waals surface area contributed by atoms with E-state index in [-0.39, 0.29) is 10.9 Å². The molecule has 1 aliphatic rings. The molecule has 0 radical (unpaired) electrons. The highest BCUT2D eigenvalue weighted by molar-refractivity contribution is 6.31. The topological polar surface area (TPSA) is 71.2 Å². The van der Waals surface area contributed by atoms with Gasteiger partial charge in [-0.25, -0.2) is 9.78 Å². The van der Waals surface area contributed by atoms with Crippen LogP contribution in [0.25, 0.3) is 10.9 Å². The maximum absolute atomic E-state index is 13.5. The molecule has 0 aliphatic carbocycles. The second kappa shape index (κ2) is 8.50. The van der Waals surface area contributed by atoms with Crippen LogP contribution >= 0.6 is 11.6 Å². The van der Waals surface area contributed by atoms with Gasteiger partial charge < -0.3 is 16.0 Å². The first-order valence-corrected chi connectivity index (χ1v) is 10.6. The maximum Gasteiger partial charge on any atom is 0.433 e. The highest BCUT2D eigenvalue weighted by Gasteiger charge is 2.38. The second-order valence-corrected chi connectivity index (χ2v) is 8.48. The lowest BCUT2D eigenvalue weighted by atomic mass is 9.72. The van der Waals surface area contributed by atoms with Crippen molar-refractivity contribution in [2.24, 2.45) is 5.73 Å². The highest BCUT2D eigenvalue weighted by atomic mass is 35.5. The Hall–Kier alpha value is -3.00. The average Bonchev–Trinajstić information content (AvgIpc) is 2.77. The summed E-state index contributed by atoms with van der Waals surface area (Å²) in [5.41, 5.74) is 5.69. The fourth-order valence-corrected chi connectivity index (χ4v) is 4.44. The van der Waals surface area contributed by atoms with Crippen molar-refractivity contribution in [3.8, 4) is 0 Å². The molecular formula is C23H22ClF3N4O. The lowest BCUT2D eigenvalue weighted by molar-refractivity contribution is -0.140. The fourth-order valence-electron chi connectivity index (χ4n) is 4.27. The molecule has 32 heavy (non-hydrogen) atoms. The Morgan fingerprint density at radius 3 is 2.44 bits per heavy atom. The Bertz CT molecular complexity index is 1130. The van der Waals surface area contributed by atoms with Gasteiger partial charge in [-0.3, -0.25) is 0 Å². The predicted molar refractivity (Wildman–Crippen MR) is 119 cm³/mol. The van der Waals surface area contributed by atoms with E-state index in [1.165, 1.54) is 12.1 Å². The number of halogens is 4. The van der Waals surface area contributed by atoms with Crippen molar-refractivity contribution < 1.29 is 18.0 Å². The molecule has 0 bridgehead atoms. The summed E-state index contributed by atoms with van der Waals surface area (Å²) in [4.78, 5) is 17.0. The van der Waals surface area contributed by atoms with Crippen LogP contribution in [-0.2, 0) is 11.6 Å². The Morgan fingerprint density at radius 1 is 1.12 bits per heavy atom. The number of urea groups is 1. The van der Waals surface area contributed by atoms with Gasteiger partial charge in [0.05, 0.1) is 5.52 Å². The van der Waals surface area contributed by atoms with Crippen LogP contribution in [0, 0.1) is 0 Å². The molecule has 1 saturated heterocycles. The summed E-state index contributed by atoms with van der Waals surface area (Å²) < 4.78 is 40.4. The van der Waals surface area contributed by atoms with Crippen LogP contribution < -0.4 is 11.1 Å². The first-order chi connectivity index (χ1) is 15.2. The van der Waals surface area contributed by atoms with E-state index in [9.17, 15) is 18.0 Å². The van der Waals surface area contributed by atoms with Crippen LogP contribution in [0.4, 0.5) is 23.7 Å². The zero-order chi connectivity index (χ0) is 22.9. The number of rotatable bonds is 4. The summed E-state index contributed by atoms with van der Waals surface area (Å²) in [5, 5.41) is 4.18. The van der Waals surface area contributed by atoms with Crippen molar-refractivity contribution in [1.82, 2.24) is 9.88 Å². The molecule has 1 fully saturated rings. The largest absolute Gasteiger partial charge is 0.433 e. The highest BCUT2D eigenvalue weighted by Crippen LogP contribution is 2.38. The van der Waals surface area contributed by atoms with Gasteiger partial charge in [0.2, 0.25) is 0 Å². The first kappa shape index (κ1) is 22.2. The van der Waals surface area contributed by atoms with Gasteiger partial charge in [0.1, 0.15) is 5.69 Å². The summed E-state index contributed by atoms with van der Waals surface area (Å²) >= 11 is 6.11. The predicted octanol–water partition coefficient (Wildman–Crippen LogP) is 5.43. The molecule has 0 atom stereocenters. The molecule has 2 heterocycles. The SMILES string of the molecule is NC(=O)N1CCC(CNc2cc(C(F)(F)F)nc3ccc(Cl)cc23)(c2ccccc2)CC1. The van der Waals surface area contributed by atoms with Gasteiger partial charge >= 0.3 is 12.2 Å². The molecule has 9 heteroatoms. The number of alkyl halides is 3. The molecule has 0 unspecified atom stereocenters. The number of amides is 2. The molecule has 0 saturated carbocycles. The minimum atomic E-state index is -4.58. The van der Waals surface area contributed by atoms with Crippen LogP contribution in [-0.4, -0.2) is 35.5 Å². The number of anilines is 1. The number of likely N-dealkylation sites (tertiary alicyclic amines) is 1. The molecule has 2 amide bonds. The molecule has 0 spiro atoms. The van der Waals surface area contributed by atoms with E-state index in [0.717, 1.165) is 11.6 Å². The normalized spacial score (nSPS) is 16.2. The van der Waals surface area contributed by atoms with E-state index in [4.69, 9.17) is 17.3 Å². The summed E-state index contributed by atoms with van der Waals surface area (Å²) in [7, 11) is 0. The Balaban J connectivity index is 1.71. The maximum atomic E-state index is 13.5. The number of benzene rings is 2. The van der Waals surface area contributed by atoms with Crippen LogP contribution in [0.3, 0.4) is 0 Å². The Morgan fingerprint density at radius 2 is 1.81 bits per heavy atom. The molecule has 1 aromatic heterocycles. The van der Waals surface area contributed by atoms with Gasteiger partial charge in [0.15, 0.2) is 0 Å². The molecule has 1 aliphatic heterocycles. The number of piperidine rings is 1. The zero-order valence-corrected chi connectivity index (χ0v) is 17.9. The van der Waals surface area contributed by atoms with Crippen LogP contribution in [0.1, 0.15) is 24.1 Å². The molecule has 168 valence electrons. The fraction of sp³-hybridized carbons (Fsp3) is 0.304. The van der Waals surface area contributed by atoms with Gasteiger partial charge in [-0.1, -0.05) is 41.9 Å². The van der Waals surface area contributed by atoms with Crippen LogP contribution in [0.5, 0.6) is 0 Å². The van der Waals surface area contributed by atoms with E-state index in [1.54, 1.807) is 11.0 Å². The molecule has 5 nitrogen and oxygen atoms in total. The molecule has 2 aromatic carbocycles. The monoisotopic (exact) mass is 462 g/mol. The van der Waals surface area contributed by atoms with Crippen molar-refractivity contribution in [2.45, 2.75) is 24.4 Å². The quantitative estimate of drug-likeness (QED) is 0.543. The minimum absolute atomic E-state index is 0.212. The Kier molecular flexibility index (Phi) is 5.90. The van der Waals surface area contributed by atoms with Gasteiger partial charge in [-0.15, -0.1) is 0 Å². The number of carbonyl (C=O) groups excluding carboxylic acids is 1. The number of nitrogens with one attached hydrogen (secondary N) is 1. The zero-order valence-electron chi connectivity index (χ0n) is 17.1. The molecule has 3 aromatic rings. The third-order valence-corrected chi connectivity index (χ3v) is 6.33. The molecule has 3 N–H and O–H groups in total. The molecular weight excluding hydrogens is 441 g/mol. The number of aromatic nitrogens is 1. The Labute approximate surface area is 188 Å². The molecule has 4 rings (SSSR count). The van der Waals surface area contributed by atoms with Gasteiger partial charge in [0, 0.05) is 41.1 Å². The van der Waals surface area contributed by atoms with E-state index in [1.807, 2.05) is 30.3 Å². The van der Waals surface area contributed by atoms with Crippen LogP contribution in [0.2, 0.25) is 5.02 Å². The van der Waals surface area contributed by atoms with Crippen molar-refractivity contribution in [3.63, 3.8) is 0 Å². The lowest BCUT2D eigenvalue weighted by Crippen LogP contribution is -2.49. The van der Waals surface area contributed by atoms with Gasteiger partial charge in [0.25, 0.3) is 0 Å². The number of nitrogens with zero attached hydrogens (tertiary/aromatic N) is 2. The van der Waals surface area contributed by atoms with E-state index >= 15 is 0 Å². The van der Waals surface area contributed by atoms with E-state index < -0.39 is 17.9 Å². The number of pyridine rings is 1. The number of primary amides is 1. The van der Waals surface area contributed by atoms with Crippen molar-refractivity contribution in [1.29, 1.82) is 0 Å². The second-order valence-electron chi connectivity index (χ2n) is 8.04. The smallest absolute Gasteiger partial charge is 0.384 e. The van der Waals surface area contributed by atoms with Gasteiger partial charge in [-0.2, -0.15) is 13.2 Å². The van der Waals surface area contributed by atoms with Crippen LogP contribution in [0.15, 0.2) is 54.6 Å². The number of carbonyl (C=O) groups is 1.